The number of ether oxygens (including phenoxy) is 1. The molecule has 0 saturated carbocycles. The smallest absolute Gasteiger partial charge is 0.320 e. The maximum Gasteiger partial charge on any atom is 0.320 e. The van der Waals surface area contributed by atoms with E-state index in [4.69, 9.17) is 9.84 Å². The molecule has 0 aliphatic rings. The van der Waals surface area contributed by atoms with E-state index in [-0.39, 0.29) is 6.10 Å². The number of aliphatic carboxylic acids is 1. The Kier molecular flexibility index (Phi) is 5.66. The molecule has 0 aliphatic carbocycles. The molecule has 2 N–H and O–H groups in total. The Morgan fingerprint density at radius 2 is 2.08 bits per heavy atom. The molecule has 0 aromatic carbocycles. The second-order valence-corrected chi connectivity index (χ2v) is 2.93. The molecule has 0 aromatic rings. The number of carboxylic acid groups (broad SMARTS) is 1. The second-order valence-electron chi connectivity index (χ2n) is 2.93. The quantitative estimate of drug-likeness (QED) is 0.576. The molecule has 0 fully saturated rings. The molecule has 1 atom stereocenters. The fourth-order valence-electron chi connectivity index (χ4n) is 0.657. The van der Waals surface area contributed by atoms with Crippen molar-refractivity contribution in [1.82, 2.24) is 5.32 Å². The van der Waals surface area contributed by atoms with Gasteiger partial charge in [0.25, 0.3) is 0 Å². The van der Waals surface area contributed by atoms with Gasteiger partial charge in [0.1, 0.15) is 6.04 Å². The zero-order valence-corrected chi connectivity index (χ0v) is 7.83. The minimum atomic E-state index is -0.834. The van der Waals surface area contributed by atoms with Crippen molar-refractivity contribution in [2.45, 2.75) is 32.9 Å². The summed E-state index contributed by atoms with van der Waals surface area (Å²) in [6.45, 7) is 6.62. The maximum absolute atomic E-state index is 10.3. The molecule has 72 valence electrons. The van der Waals surface area contributed by atoms with Crippen LogP contribution in [-0.4, -0.2) is 36.4 Å². The summed E-state index contributed by atoms with van der Waals surface area (Å²) in [6, 6.07) is -0.499. The van der Waals surface area contributed by atoms with Gasteiger partial charge in [-0.3, -0.25) is 4.79 Å². The highest BCUT2D eigenvalue weighted by molar-refractivity contribution is 5.72. The topological polar surface area (TPSA) is 58.6 Å². The number of carboxylic acids is 1. The van der Waals surface area contributed by atoms with E-state index in [9.17, 15) is 4.79 Å². The molecular formula is C8H17NO3. The first-order chi connectivity index (χ1) is 5.54. The molecule has 0 heterocycles. The van der Waals surface area contributed by atoms with Crippen molar-refractivity contribution in [3.8, 4) is 0 Å². The van der Waals surface area contributed by atoms with Crippen LogP contribution >= 0.6 is 0 Å². The van der Waals surface area contributed by atoms with E-state index in [1.165, 1.54) is 0 Å². The van der Waals surface area contributed by atoms with Gasteiger partial charge >= 0.3 is 5.97 Å². The number of nitrogens with one attached hydrogen (secondary N) is 1. The number of hydrogen-bond acceptors (Lipinski definition) is 3. The van der Waals surface area contributed by atoms with Crippen LogP contribution in [0.25, 0.3) is 0 Å². The minimum Gasteiger partial charge on any atom is -0.480 e. The molecule has 0 saturated heterocycles. The van der Waals surface area contributed by atoms with E-state index in [1.54, 1.807) is 6.92 Å². The van der Waals surface area contributed by atoms with Crippen molar-refractivity contribution in [3.63, 3.8) is 0 Å². The van der Waals surface area contributed by atoms with E-state index in [0.717, 1.165) is 0 Å². The monoisotopic (exact) mass is 175 g/mol. The van der Waals surface area contributed by atoms with Gasteiger partial charge < -0.3 is 15.2 Å². The molecule has 0 bridgehead atoms. The van der Waals surface area contributed by atoms with Crippen molar-refractivity contribution in [2.24, 2.45) is 0 Å². The third kappa shape index (κ3) is 6.12. The molecule has 0 radical (unpaired) electrons. The normalized spacial score (nSPS) is 13.3. The molecule has 0 rings (SSSR count). The van der Waals surface area contributed by atoms with Crippen LogP contribution < -0.4 is 5.32 Å². The number of rotatable bonds is 6. The van der Waals surface area contributed by atoms with Gasteiger partial charge in [-0.2, -0.15) is 0 Å². The van der Waals surface area contributed by atoms with Gasteiger partial charge in [-0.1, -0.05) is 0 Å². The van der Waals surface area contributed by atoms with Crippen LogP contribution in [0.5, 0.6) is 0 Å². The molecule has 0 spiro atoms. The SMILES string of the molecule is CC(C)OCCN[C@@H](C)C(=O)O. The summed E-state index contributed by atoms with van der Waals surface area (Å²) in [5.41, 5.74) is 0. The molecule has 0 amide bonds. The lowest BCUT2D eigenvalue weighted by Gasteiger charge is -2.10. The Morgan fingerprint density at radius 3 is 2.50 bits per heavy atom. The first kappa shape index (κ1) is 11.4. The van der Waals surface area contributed by atoms with Crippen LogP contribution in [0, 0.1) is 0 Å². The number of hydrogen-bond donors (Lipinski definition) is 2. The van der Waals surface area contributed by atoms with Crippen LogP contribution in [0.1, 0.15) is 20.8 Å². The van der Waals surface area contributed by atoms with Crippen LogP contribution in [0.4, 0.5) is 0 Å². The first-order valence-corrected chi connectivity index (χ1v) is 4.12. The van der Waals surface area contributed by atoms with Crippen LogP contribution in [0.15, 0.2) is 0 Å². The summed E-state index contributed by atoms with van der Waals surface area (Å²) in [5, 5.41) is 11.3. The Labute approximate surface area is 72.9 Å². The fourth-order valence-corrected chi connectivity index (χ4v) is 0.657. The molecule has 0 unspecified atom stereocenters. The highest BCUT2D eigenvalue weighted by Crippen LogP contribution is 1.86. The van der Waals surface area contributed by atoms with Crippen molar-refractivity contribution in [2.75, 3.05) is 13.2 Å². The predicted octanol–water partition coefficient (Wildman–Crippen LogP) is 0.474. The van der Waals surface area contributed by atoms with Crippen LogP contribution in [0.2, 0.25) is 0 Å². The van der Waals surface area contributed by atoms with Gasteiger partial charge in [0.2, 0.25) is 0 Å². The molecule has 0 aliphatic heterocycles. The molecule has 4 heteroatoms. The van der Waals surface area contributed by atoms with Gasteiger partial charge in [0.15, 0.2) is 0 Å². The summed E-state index contributed by atoms with van der Waals surface area (Å²) in [7, 11) is 0. The van der Waals surface area contributed by atoms with E-state index in [0.29, 0.717) is 13.2 Å². The molecule has 0 aromatic heterocycles. The summed E-state index contributed by atoms with van der Waals surface area (Å²) in [6.07, 6.45) is 0.201. The zero-order valence-electron chi connectivity index (χ0n) is 7.83. The second kappa shape index (κ2) is 5.97. The molecular weight excluding hydrogens is 158 g/mol. The van der Waals surface area contributed by atoms with Gasteiger partial charge in [-0.05, 0) is 20.8 Å². The van der Waals surface area contributed by atoms with Crippen LogP contribution in [-0.2, 0) is 9.53 Å². The average molecular weight is 175 g/mol. The maximum atomic E-state index is 10.3. The molecule has 4 nitrogen and oxygen atoms in total. The largest absolute Gasteiger partial charge is 0.480 e. The van der Waals surface area contributed by atoms with Gasteiger partial charge in [-0.15, -0.1) is 0 Å². The van der Waals surface area contributed by atoms with E-state index >= 15 is 0 Å². The summed E-state index contributed by atoms with van der Waals surface area (Å²) >= 11 is 0. The third-order valence-electron chi connectivity index (χ3n) is 1.37. The third-order valence-corrected chi connectivity index (χ3v) is 1.37. The lowest BCUT2D eigenvalue weighted by Crippen LogP contribution is -2.36. The standard InChI is InChI=1S/C8H17NO3/c1-6(2)12-5-4-9-7(3)8(10)11/h6-7,9H,4-5H2,1-3H3,(H,10,11)/t7-/m0/s1. The van der Waals surface area contributed by atoms with Crippen molar-refractivity contribution in [3.05, 3.63) is 0 Å². The Balaban J connectivity index is 3.25. The van der Waals surface area contributed by atoms with Crippen molar-refractivity contribution >= 4 is 5.97 Å². The van der Waals surface area contributed by atoms with Gasteiger partial charge in [0, 0.05) is 6.54 Å². The fraction of sp³-hybridized carbons (Fsp3) is 0.875. The summed E-state index contributed by atoms with van der Waals surface area (Å²) < 4.78 is 5.22. The lowest BCUT2D eigenvalue weighted by molar-refractivity contribution is -0.139. The lowest BCUT2D eigenvalue weighted by atomic mass is 10.3. The first-order valence-electron chi connectivity index (χ1n) is 4.12. The van der Waals surface area contributed by atoms with Gasteiger partial charge in [-0.25, -0.2) is 0 Å². The van der Waals surface area contributed by atoms with E-state index in [2.05, 4.69) is 5.32 Å². The van der Waals surface area contributed by atoms with Crippen LogP contribution in [0.3, 0.4) is 0 Å². The Bertz CT molecular complexity index is 136. The highest BCUT2D eigenvalue weighted by Gasteiger charge is 2.08. The van der Waals surface area contributed by atoms with Crippen molar-refractivity contribution < 1.29 is 14.6 Å². The minimum absolute atomic E-state index is 0.201. The summed E-state index contributed by atoms with van der Waals surface area (Å²) in [4.78, 5) is 10.3. The Hall–Kier alpha value is -0.610. The zero-order chi connectivity index (χ0) is 9.56. The van der Waals surface area contributed by atoms with Gasteiger partial charge in [0.05, 0.1) is 12.7 Å². The summed E-state index contributed by atoms with van der Waals surface area (Å²) in [5.74, 6) is -0.834. The van der Waals surface area contributed by atoms with E-state index in [1.807, 2.05) is 13.8 Å². The van der Waals surface area contributed by atoms with E-state index < -0.39 is 12.0 Å². The number of carbonyl (C=O) groups is 1. The average Bonchev–Trinajstić information content (AvgIpc) is 1.97. The molecule has 12 heavy (non-hydrogen) atoms. The van der Waals surface area contributed by atoms with Crippen molar-refractivity contribution in [1.29, 1.82) is 0 Å². The Morgan fingerprint density at radius 1 is 1.50 bits per heavy atom. The highest BCUT2D eigenvalue weighted by atomic mass is 16.5. The predicted molar refractivity (Wildman–Crippen MR) is 46.2 cm³/mol.